The summed E-state index contributed by atoms with van der Waals surface area (Å²) in [6.07, 6.45) is 3.42. The van der Waals surface area contributed by atoms with E-state index in [0.717, 1.165) is 12.8 Å². The molecule has 0 heterocycles. The van der Waals surface area contributed by atoms with E-state index in [2.05, 4.69) is 11.9 Å². The molecule has 0 fully saturated rings. The van der Waals surface area contributed by atoms with Crippen LogP contribution in [0.3, 0.4) is 0 Å². The molecule has 0 aliphatic heterocycles. The van der Waals surface area contributed by atoms with Crippen molar-refractivity contribution in [2.24, 2.45) is 0 Å². The predicted octanol–water partition coefficient (Wildman–Crippen LogP) is 4.04. The molecule has 1 rings (SSSR count). The van der Waals surface area contributed by atoms with Gasteiger partial charge in [0.15, 0.2) is 5.82 Å². The fourth-order valence-corrected chi connectivity index (χ4v) is 1.48. The third-order valence-electron chi connectivity index (χ3n) is 2.48. The standard InChI is InChI=1S/C13H17F2N/c1-4-5-6-10(3)16-13-11(14)8-7-9(2)12(13)15/h4,7-8,10,16H,1,5-6H2,2-3H3. The van der Waals surface area contributed by atoms with Crippen molar-refractivity contribution in [2.75, 3.05) is 5.32 Å². The Morgan fingerprint density at radius 3 is 2.75 bits per heavy atom. The van der Waals surface area contributed by atoms with Gasteiger partial charge in [-0.05, 0) is 38.3 Å². The van der Waals surface area contributed by atoms with Crippen LogP contribution in [0.5, 0.6) is 0 Å². The molecule has 0 amide bonds. The quantitative estimate of drug-likeness (QED) is 0.746. The van der Waals surface area contributed by atoms with E-state index in [1.165, 1.54) is 12.1 Å². The molecule has 88 valence electrons. The van der Waals surface area contributed by atoms with Crippen LogP contribution >= 0.6 is 0 Å². The maximum Gasteiger partial charge on any atom is 0.152 e. The van der Waals surface area contributed by atoms with Crippen molar-refractivity contribution >= 4 is 5.69 Å². The molecule has 0 radical (unpaired) electrons. The van der Waals surface area contributed by atoms with Gasteiger partial charge in [-0.1, -0.05) is 12.1 Å². The maximum atomic E-state index is 13.6. The summed E-state index contributed by atoms with van der Waals surface area (Å²) in [6, 6.07) is 2.73. The van der Waals surface area contributed by atoms with Crippen LogP contribution in [-0.2, 0) is 0 Å². The van der Waals surface area contributed by atoms with E-state index in [-0.39, 0.29) is 11.7 Å². The van der Waals surface area contributed by atoms with Gasteiger partial charge >= 0.3 is 0 Å². The van der Waals surface area contributed by atoms with Gasteiger partial charge in [-0.3, -0.25) is 0 Å². The molecule has 0 aliphatic rings. The summed E-state index contributed by atoms with van der Waals surface area (Å²) < 4.78 is 27.0. The van der Waals surface area contributed by atoms with Gasteiger partial charge in [-0.15, -0.1) is 6.58 Å². The van der Waals surface area contributed by atoms with Crippen molar-refractivity contribution in [3.8, 4) is 0 Å². The molecule has 1 aromatic rings. The highest BCUT2D eigenvalue weighted by Gasteiger charge is 2.13. The van der Waals surface area contributed by atoms with Crippen LogP contribution in [0.15, 0.2) is 24.8 Å². The fourth-order valence-electron chi connectivity index (χ4n) is 1.48. The summed E-state index contributed by atoms with van der Waals surface area (Å²) in [4.78, 5) is 0. The Morgan fingerprint density at radius 1 is 1.44 bits per heavy atom. The van der Waals surface area contributed by atoms with Crippen LogP contribution in [-0.4, -0.2) is 6.04 Å². The van der Waals surface area contributed by atoms with Crippen molar-refractivity contribution in [1.82, 2.24) is 0 Å². The van der Waals surface area contributed by atoms with E-state index < -0.39 is 11.6 Å². The molecule has 0 saturated carbocycles. The minimum absolute atomic E-state index is 0.0174. The maximum absolute atomic E-state index is 13.6. The highest BCUT2D eigenvalue weighted by Crippen LogP contribution is 2.22. The predicted molar refractivity (Wildman–Crippen MR) is 63.6 cm³/mol. The van der Waals surface area contributed by atoms with Gasteiger partial charge in [0.1, 0.15) is 11.5 Å². The van der Waals surface area contributed by atoms with E-state index in [0.29, 0.717) is 5.56 Å². The first-order chi connectivity index (χ1) is 7.56. The Bertz CT molecular complexity index is 374. The molecule has 1 N–H and O–H groups in total. The summed E-state index contributed by atoms with van der Waals surface area (Å²) in [5, 5.41) is 2.86. The van der Waals surface area contributed by atoms with Gasteiger partial charge in [-0.25, -0.2) is 8.78 Å². The highest BCUT2D eigenvalue weighted by atomic mass is 19.1. The summed E-state index contributed by atoms with van der Waals surface area (Å²) >= 11 is 0. The van der Waals surface area contributed by atoms with Gasteiger partial charge in [0, 0.05) is 6.04 Å². The normalized spacial score (nSPS) is 12.2. The minimum Gasteiger partial charge on any atom is -0.378 e. The zero-order valence-electron chi connectivity index (χ0n) is 9.69. The molecule has 16 heavy (non-hydrogen) atoms. The van der Waals surface area contributed by atoms with Crippen molar-refractivity contribution in [3.05, 3.63) is 42.0 Å². The number of nitrogens with one attached hydrogen (secondary N) is 1. The first-order valence-corrected chi connectivity index (χ1v) is 5.38. The van der Waals surface area contributed by atoms with Crippen LogP contribution in [0, 0.1) is 18.6 Å². The van der Waals surface area contributed by atoms with Crippen LogP contribution in [0.4, 0.5) is 14.5 Å². The summed E-state index contributed by atoms with van der Waals surface area (Å²) in [6.45, 7) is 7.13. The van der Waals surface area contributed by atoms with Gasteiger partial charge < -0.3 is 5.32 Å². The molecular formula is C13H17F2N. The molecule has 1 unspecified atom stereocenters. The van der Waals surface area contributed by atoms with Crippen LogP contribution in [0.1, 0.15) is 25.3 Å². The Labute approximate surface area is 95.2 Å². The molecular weight excluding hydrogens is 208 g/mol. The SMILES string of the molecule is C=CCCC(C)Nc1c(F)ccc(C)c1F. The molecule has 0 spiro atoms. The fraction of sp³-hybridized carbons (Fsp3) is 0.385. The number of benzene rings is 1. The topological polar surface area (TPSA) is 12.0 Å². The smallest absolute Gasteiger partial charge is 0.152 e. The Hall–Kier alpha value is -1.38. The molecule has 1 atom stereocenters. The molecule has 0 aliphatic carbocycles. The third-order valence-corrected chi connectivity index (χ3v) is 2.48. The lowest BCUT2D eigenvalue weighted by molar-refractivity contribution is 0.575. The van der Waals surface area contributed by atoms with Crippen molar-refractivity contribution in [3.63, 3.8) is 0 Å². The average molecular weight is 225 g/mol. The zero-order chi connectivity index (χ0) is 12.1. The Balaban J connectivity index is 2.79. The molecule has 0 bridgehead atoms. The molecule has 0 saturated heterocycles. The highest BCUT2D eigenvalue weighted by molar-refractivity contribution is 5.49. The number of aryl methyl sites for hydroxylation is 1. The number of hydrogen-bond donors (Lipinski definition) is 1. The summed E-state index contributed by atoms with van der Waals surface area (Å²) in [5.74, 6) is -1.06. The molecule has 1 aromatic carbocycles. The van der Waals surface area contributed by atoms with Crippen molar-refractivity contribution in [1.29, 1.82) is 0 Å². The molecule has 1 nitrogen and oxygen atoms in total. The van der Waals surface area contributed by atoms with Crippen LogP contribution < -0.4 is 5.32 Å². The van der Waals surface area contributed by atoms with E-state index >= 15 is 0 Å². The Kier molecular flexibility index (Phi) is 4.47. The molecule has 3 heteroatoms. The average Bonchev–Trinajstić information content (AvgIpc) is 2.27. The zero-order valence-corrected chi connectivity index (χ0v) is 9.69. The monoisotopic (exact) mass is 225 g/mol. The van der Waals surface area contributed by atoms with Crippen LogP contribution in [0.2, 0.25) is 0 Å². The lowest BCUT2D eigenvalue weighted by Gasteiger charge is -2.16. The van der Waals surface area contributed by atoms with E-state index in [4.69, 9.17) is 0 Å². The van der Waals surface area contributed by atoms with Crippen molar-refractivity contribution in [2.45, 2.75) is 32.7 Å². The van der Waals surface area contributed by atoms with Crippen molar-refractivity contribution < 1.29 is 8.78 Å². The second kappa shape index (κ2) is 5.64. The third kappa shape index (κ3) is 3.05. The number of rotatable bonds is 5. The number of hydrogen-bond acceptors (Lipinski definition) is 1. The number of anilines is 1. The van der Waals surface area contributed by atoms with Gasteiger partial charge in [0.05, 0.1) is 0 Å². The van der Waals surface area contributed by atoms with Gasteiger partial charge in [0.25, 0.3) is 0 Å². The number of halogens is 2. The largest absolute Gasteiger partial charge is 0.378 e. The minimum atomic E-state index is -0.548. The van der Waals surface area contributed by atoms with E-state index in [9.17, 15) is 8.78 Å². The summed E-state index contributed by atoms with van der Waals surface area (Å²) in [7, 11) is 0. The first-order valence-electron chi connectivity index (χ1n) is 5.38. The first kappa shape index (κ1) is 12.7. The number of allylic oxidation sites excluding steroid dienone is 1. The molecule has 0 aromatic heterocycles. The second-order valence-corrected chi connectivity index (χ2v) is 3.96. The summed E-state index contributed by atoms with van der Waals surface area (Å²) in [5.41, 5.74) is 0.413. The lowest BCUT2D eigenvalue weighted by atomic mass is 10.1. The van der Waals surface area contributed by atoms with E-state index in [1.54, 1.807) is 13.0 Å². The van der Waals surface area contributed by atoms with Gasteiger partial charge in [0.2, 0.25) is 0 Å². The Morgan fingerprint density at radius 2 is 2.12 bits per heavy atom. The lowest BCUT2D eigenvalue weighted by Crippen LogP contribution is -2.17. The van der Waals surface area contributed by atoms with Crippen LogP contribution in [0.25, 0.3) is 0 Å². The van der Waals surface area contributed by atoms with E-state index in [1.807, 2.05) is 6.92 Å². The van der Waals surface area contributed by atoms with Gasteiger partial charge in [-0.2, -0.15) is 0 Å². The second-order valence-electron chi connectivity index (χ2n) is 3.96.